The molecule has 0 aliphatic carbocycles. The van der Waals surface area contributed by atoms with Gasteiger partial charge in [0.25, 0.3) is 0 Å². The minimum Gasteiger partial charge on any atom is -0.491 e. The first-order chi connectivity index (χ1) is 18.6. The predicted molar refractivity (Wildman–Crippen MR) is 145 cm³/mol. The molecule has 9 nitrogen and oxygen atoms in total. The summed E-state index contributed by atoms with van der Waals surface area (Å²) < 4.78 is 32.4. The number of esters is 1. The van der Waals surface area contributed by atoms with Crippen LogP contribution in [0.3, 0.4) is 0 Å². The molecule has 0 radical (unpaired) electrons. The highest BCUT2D eigenvalue weighted by molar-refractivity contribution is 5.88. The molecule has 0 aromatic heterocycles. The summed E-state index contributed by atoms with van der Waals surface area (Å²) in [5, 5.41) is 8.97. The quantitative estimate of drug-likeness (QED) is 0.0932. The zero-order valence-corrected chi connectivity index (χ0v) is 22.7. The van der Waals surface area contributed by atoms with E-state index in [-0.39, 0.29) is 11.5 Å². The molecular weight excluding hydrogens is 492 g/mol. The number of unbranched alkanes of at least 4 members (excludes halogenated alkanes) is 8. The van der Waals surface area contributed by atoms with Crippen LogP contribution in [0.2, 0.25) is 0 Å². The molecule has 0 heterocycles. The Kier molecular flexibility index (Phi) is 22.0. The third-order valence-electron chi connectivity index (χ3n) is 5.54. The van der Waals surface area contributed by atoms with E-state index >= 15 is 0 Å². The van der Waals surface area contributed by atoms with Crippen molar-refractivity contribution < 1.29 is 43.1 Å². The zero-order valence-electron chi connectivity index (χ0n) is 22.7. The van der Waals surface area contributed by atoms with Gasteiger partial charge in [0.2, 0.25) is 0 Å². The van der Waals surface area contributed by atoms with Gasteiger partial charge in [-0.15, -0.1) is 0 Å². The van der Waals surface area contributed by atoms with Gasteiger partial charge in [-0.2, -0.15) is 0 Å². The molecule has 1 aromatic carbocycles. The van der Waals surface area contributed by atoms with Crippen LogP contribution in [0, 0.1) is 0 Å². The Bertz CT molecular complexity index is 739. The number of carbonyl (C=O) groups is 2. The van der Waals surface area contributed by atoms with E-state index in [0.717, 1.165) is 25.9 Å². The van der Waals surface area contributed by atoms with Gasteiger partial charge in [-0.1, -0.05) is 57.6 Å². The number of aromatic carboxylic acids is 1. The summed E-state index contributed by atoms with van der Waals surface area (Å²) in [6, 6.07) is 6.36. The van der Waals surface area contributed by atoms with Gasteiger partial charge in [0.1, 0.15) is 12.4 Å². The first-order valence-electron chi connectivity index (χ1n) is 13.7. The molecule has 9 heteroatoms. The van der Waals surface area contributed by atoms with Crippen LogP contribution in [0.25, 0.3) is 0 Å². The van der Waals surface area contributed by atoms with Crippen molar-refractivity contribution >= 4 is 11.9 Å². The van der Waals surface area contributed by atoms with E-state index in [0.29, 0.717) is 65.2 Å². The maximum absolute atomic E-state index is 10.9. The Hall–Kier alpha value is -2.46. The first kappa shape index (κ1) is 33.6. The molecule has 1 rings (SSSR count). The molecule has 0 saturated carbocycles. The van der Waals surface area contributed by atoms with Gasteiger partial charge in [-0.05, 0) is 31.0 Å². The minimum absolute atomic E-state index is 0.194. The van der Waals surface area contributed by atoms with E-state index in [1.807, 2.05) is 0 Å². The standard InChI is InChI=1S/C29H46O9/c1-2-28(30)38-16-11-9-7-5-3-4-6-8-10-15-33-17-18-34-19-20-35-21-22-36-23-24-37-27-14-12-13-26(25-27)29(31)32/h2,12-14,25H,1,3-11,15-24H2,(H,31,32). The number of ether oxygens (including phenoxy) is 6. The SMILES string of the molecule is C=CC(=O)OCCCCCCCCCCCOCCOCCOCCOCCOc1cccc(C(=O)O)c1. The Morgan fingerprint density at radius 1 is 0.658 bits per heavy atom. The van der Waals surface area contributed by atoms with Gasteiger partial charge >= 0.3 is 11.9 Å². The fourth-order valence-electron chi connectivity index (χ4n) is 3.47. The van der Waals surface area contributed by atoms with Crippen molar-refractivity contribution in [2.75, 3.05) is 66.1 Å². The fourth-order valence-corrected chi connectivity index (χ4v) is 3.47. The summed E-state index contributed by atoms with van der Waals surface area (Å²) in [5.74, 6) is -0.812. The predicted octanol–water partition coefficient (Wildman–Crippen LogP) is 5.07. The van der Waals surface area contributed by atoms with E-state index in [1.165, 1.54) is 56.7 Å². The number of carboxylic acids is 1. The molecule has 0 saturated heterocycles. The average Bonchev–Trinajstić information content (AvgIpc) is 2.93. The highest BCUT2D eigenvalue weighted by Gasteiger charge is 2.03. The largest absolute Gasteiger partial charge is 0.491 e. The molecule has 0 atom stereocenters. The second-order valence-electron chi connectivity index (χ2n) is 8.68. The molecule has 0 aliphatic heterocycles. The van der Waals surface area contributed by atoms with Crippen LogP contribution >= 0.6 is 0 Å². The third kappa shape index (κ3) is 20.6. The fraction of sp³-hybridized carbons (Fsp3) is 0.655. The molecule has 38 heavy (non-hydrogen) atoms. The summed E-state index contributed by atoms with van der Waals surface area (Å²) in [6.07, 6.45) is 11.7. The van der Waals surface area contributed by atoms with Crippen LogP contribution in [0.4, 0.5) is 0 Å². The van der Waals surface area contributed by atoms with Crippen LogP contribution in [-0.4, -0.2) is 83.1 Å². The number of benzene rings is 1. The number of rotatable bonds is 27. The molecule has 0 fully saturated rings. The van der Waals surface area contributed by atoms with Gasteiger partial charge in [0, 0.05) is 12.7 Å². The topological polar surface area (TPSA) is 110 Å². The van der Waals surface area contributed by atoms with Crippen molar-refractivity contribution in [2.45, 2.75) is 57.8 Å². The summed E-state index contributed by atoms with van der Waals surface area (Å²) in [6.45, 7) is 8.49. The second kappa shape index (κ2) is 24.9. The molecular formula is C29H46O9. The number of hydrogen-bond acceptors (Lipinski definition) is 8. The Morgan fingerprint density at radius 2 is 1.13 bits per heavy atom. The summed E-state index contributed by atoms with van der Waals surface area (Å²) in [4.78, 5) is 21.8. The third-order valence-corrected chi connectivity index (χ3v) is 5.54. The number of hydrogen-bond donors (Lipinski definition) is 1. The first-order valence-corrected chi connectivity index (χ1v) is 13.7. The second-order valence-corrected chi connectivity index (χ2v) is 8.68. The van der Waals surface area contributed by atoms with Crippen molar-refractivity contribution in [2.24, 2.45) is 0 Å². The van der Waals surface area contributed by atoms with Crippen LogP contribution in [0.5, 0.6) is 5.75 Å². The maximum atomic E-state index is 10.9. The minimum atomic E-state index is -0.981. The lowest BCUT2D eigenvalue weighted by atomic mass is 10.1. The number of carbonyl (C=O) groups excluding carboxylic acids is 1. The number of carboxylic acid groups (broad SMARTS) is 1. The van der Waals surface area contributed by atoms with E-state index < -0.39 is 5.97 Å². The molecule has 0 amide bonds. The Labute approximate surface area is 227 Å². The summed E-state index contributed by atoms with van der Waals surface area (Å²) in [5.41, 5.74) is 0.194. The molecule has 216 valence electrons. The van der Waals surface area contributed by atoms with Gasteiger partial charge in [0.15, 0.2) is 0 Å². The van der Waals surface area contributed by atoms with E-state index in [1.54, 1.807) is 12.1 Å². The monoisotopic (exact) mass is 538 g/mol. The summed E-state index contributed by atoms with van der Waals surface area (Å²) >= 11 is 0. The van der Waals surface area contributed by atoms with Crippen molar-refractivity contribution in [1.82, 2.24) is 0 Å². The Morgan fingerprint density at radius 3 is 1.66 bits per heavy atom. The molecule has 0 unspecified atom stereocenters. The highest BCUT2D eigenvalue weighted by atomic mass is 16.6. The van der Waals surface area contributed by atoms with Gasteiger partial charge in [0.05, 0.1) is 58.4 Å². The van der Waals surface area contributed by atoms with Crippen molar-refractivity contribution in [3.8, 4) is 5.75 Å². The van der Waals surface area contributed by atoms with Crippen LogP contribution in [0.15, 0.2) is 36.9 Å². The molecule has 0 spiro atoms. The van der Waals surface area contributed by atoms with Gasteiger partial charge in [-0.25, -0.2) is 9.59 Å². The van der Waals surface area contributed by atoms with Crippen LogP contribution in [-0.2, 0) is 28.5 Å². The Balaban J connectivity index is 1.71. The van der Waals surface area contributed by atoms with Crippen LogP contribution in [0.1, 0.15) is 68.1 Å². The molecule has 0 bridgehead atoms. The zero-order chi connectivity index (χ0) is 27.5. The normalized spacial score (nSPS) is 10.8. The smallest absolute Gasteiger partial charge is 0.335 e. The van der Waals surface area contributed by atoms with Crippen molar-refractivity contribution in [1.29, 1.82) is 0 Å². The lowest BCUT2D eigenvalue weighted by molar-refractivity contribution is -0.137. The van der Waals surface area contributed by atoms with Crippen molar-refractivity contribution in [3.05, 3.63) is 42.5 Å². The van der Waals surface area contributed by atoms with Crippen LogP contribution < -0.4 is 4.74 Å². The highest BCUT2D eigenvalue weighted by Crippen LogP contribution is 2.13. The van der Waals surface area contributed by atoms with Crippen molar-refractivity contribution in [3.63, 3.8) is 0 Å². The maximum Gasteiger partial charge on any atom is 0.335 e. The summed E-state index contributed by atoms with van der Waals surface area (Å²) in [7, 11) is 0. The van der Waals surface area contributed by atoms with E-state index in [2.05, 4.69) is 6.58 Å². The average molecular weight is 539 g/mol. The van der Waals surface area contributed by atoms with Gasteiger partial charge < -0.3 is 33.5 Å². The lowest BCUT2D eigenvalue weighted by Gasteiger charge is -2.09. The molecule has 1 aromatic rings. The molecule has 1 N–H and O–H groups in total. The lowest BCUT2D eigenvalue weighted by Crippen LogP contribution is -2.14. The van der Waals surface area contributed by atoms with E-state index in [4.69, 9.17) is 33.5 Å². The molecule has 0 aliphatic rings. The van der Waals surface area contributed by atoms with E-state index in [9.17, 15) is 9.59 Å². The van der Waals surface area contributed by atoms with Gasteiger partial charge in [-0.3, -0.25) is 0 Å².